The molecule has 1 atom stereocenters. The van der Waals surface area contributed by atoms with Crippen LogP contribution in [-0.4, -0.2) is 38.7 Å². The van der Waals surface area contributed by atoms with Crippen molar-refractivity contribution in [1.82, 2.24) is 0 Å². The summed E-state index contributed by atoms with van der Waals surface area (Å²) in [6, 6.07) is 30.7. The second kappa shape index (κ2) is 25.7. The predicted octanol–water partition coefficient (Wildman–Crippen LogP) is 12.5. The van der Waals surface area contributed by atoms with Gasteiger partial charge in [0.15, 0.2) is 6.10 Å². The molecule has 276 valence electrons. The van der Waals surface area contributed by atoms with Crippen LogP contribution in [0.1, 0.15) is 140 Å². The van der Waals surface area contributed by atoms with Gasteiger partial charge in [-0.25, -0.2) is 4.79 Å². The lowest BCUT2D eigenvalue weighted by Crippen LogP contribution is -2.38. The molecule has 50 heavy (non-hydrogen) atoms. The molecule has 0 radical (unpaired) electrons. The molecule has 3 aromatic carbocycles. The van der Waals surface area contributed by atoms with E-state index in [4.69, 9.17) is 18.9 Å². The van der Waals surface area contributed by atoms with Gasteiger partial charge in [0.05, 0.1) is 19.8 Å². The third-order valence-electron chi connectivity index (χ3n) is 9.27. The predicted molar refractivity (Wildman–Crippen MR) is 207 cm³/mol. The number of unbranched alkanes of at least 4 members (excludes halogenated alkanes) is 15. The summed E-state index contributed by atoms with van der Waals surface area (Å²) in [6.07, 6.45) is 20.0. The molecule has 5 heteroatoms. The zero-order valence-corrected chi connectivity index (χ0v) is 31.5. The van der Waals surface area contributed by atoms with E-state index in [9.17, 15) is 4.79 Å². The number of benzene rings is 3. The zero-order chi connectivity index (χ0) is 35.5. The summed E-state index contributed by atoms with van der Waals surface area (Å²) >= 11 is 0. The van der Waals surface area contributed by atoms with E-state index in [1.54, 1.807) is 0 Å². The molecule has 0 aliphatic rings. The largest absolute Gasteiger partial charge is 0.508 e. The van der Waals surface area contributed by atoms with Crippen molar-refractivity contribution in [3.05, 3.63) is 108 Å². The van der Waals surface area contributed by atoms with E-state index >= 15 is 0 Å². The quantitative estimate of drug-likeness (QED) is 0.0432. The van der Waals surface area contributed by atoms with Crippen LogP contribution < -0.4 is 0 Å². The van der Waals surface area contributed by atoms with Crippen molar-refractivity contribution in [3.63, 3.8) is 0 Å². The second-order valence-electron chi connectivity index (χ2n) is 14.2. The summed E-state index contributed by atoms with van der Waals surface area (Å²) < 4.78 is 24.3. The number of hydrogen-bond donors (Lipinski definition) is 0. The van der Waals surface area contributed by atoms with Crippen molar-refractivity contribution in [3.8, 4) is 0 Å². The van der Waals surface area contributed by atoms with Crippen LogP contribution in [0.5, 0.6) is 0 Å². The topological polar surface area (TPSA) is 54.0 Å². The highest BCUT2D eigenvalue weighted by Gasteiger charge is 2.38. The first kappa shape index (κ1) is 41.3. The van der Waals surface area contributed by atoms with Gasteiger partial charge in [0.2, 0.25) is 0 Å². The smallest absolute Gasteiger partial charge is 0.434 e. The Morgan fingerprint density at radius 1 is 0.540 bits per heavy atom. The van der Waals surface area contributed by atoms with Gasteiger partial charge in [0, 0.05) is 6.61 Å². The molecule has 0 aliphatic heterocycles. The lowest BCUT2D eigenvalue weighted by Gasteiger charge is -2.37. The molecule has 1 unspecified atom stereocenters. The van der Waals surface area contributed by atoms with E-state index < -0.39 is 17.9 Å². The molecular weight excluding hydrogens is 620 g/mol. The molecule has 0 spiro atoms. The highest BCUT2D eigenvalue weighted by Crippen LogP contribution is 2.40. The fourth-order valence-corrected chi connectivity index (χ4v) is 6.47. The Bertz CT molecular complexity index is 1130. The van der Waals surface area contributed by atoms with Crippen LogP contribution in [0, 0.1) is 5.92 Å². The van der Waals surface area contributed by atoms with Crippen molar-refractivity contribution in [2.45, 2.75) is 135 Å². The number of rotatable bonds is 28. The van der Waals surface area contributed by atoms with E-state index in [0.717, 1.165) is 29.5 Å². The second-order valence-corrected chi connectivity index (χ2v) is 14.2. The molecule has 0 amide bonds. The lowest BCUT2D eigenvalue weighted by molar-refractivity contribution is -0.0829. The van der Waals surface area contributed by atoms with E-state index in [-0.39, 0.29) is 19.1 Å². The first-order valence-corrected chi connectivity index (χ1v) is 19.8. The van der Waals surface area contributed by atoms with Crippen LogP contribution in [0.25, 0.3) is 0 Å². The summed E-state index contributed by atoms with van der Waals surface area (Å²) in [5, 5.41) is 0. The van der Waals surface area contributed by atoms with Crippen LogP contribution >= 0.6 is 0 Å². The van der Waals surface area contributed by atoms with Gasteiger partial charge in [-0.2, -0.15) is 0 Å². The fraction of sp³-hybridized carbons (Fsp3) is 0.578. The molecule has 3 rings (SSSR count). The van der Waals surface area contributed by atoms with Crippen molar-refractivity contribution < 1.29 is 23.7 Å². The number of hydrogen-bond acceptors (Lipinski definition) is 5. The van der Waals surface area contributed by atoms with Gasteiger partial charge in [-0.05, 0) is 29.0 Å². The molecule has 3 aromatic rings. The van der Waals surface area contributed by atoms with Crippen LogP contribution in [0.15, 0.2) is 91.0 Å². The Morgan fingerprint density at radius 2 is 0.940 bits per heavy atom. The Kier molecular flexibility index (Phi) is 21.3. The van der Waals surface area contributed by atoms with Gasteiger partial charge in [-0.3, -0.25) is 0 Å². The summed E-state index contributed by atoms with van der Waals surface area (Å²) in [7, 11) is 0. The van der Waals surface area contributed by atoms with Crippen molar-refractivity contribution in [1.29, 1.82) is 0 Å². The first-order valence-electron chi connectivity index (χ1n) is 19.8. The van der Waals surface area contributed by atoms with Crippen LogP contribution in [0.4, 0.5) is 4.79 Å². The third-order valence-corrected chi connectivity index (χ3v) is 9.27. The maximum absolute atomic E-state index is 12.7. The van der Waals surface area contributed by atoms with Crippen LogP contribution in [0.2, 0.25) is 0 Å². The molecule has 0 heterocycles. The lowest BCUT2D eigenvalue weighted by atomic mass is 9.80. The van der Waals surface area contributed by atoms with E-state index in [0.29, 0.717) is 13.2 Å². The van der Waals surface area contributed by atoms with Gasteiger partial charge in [-0.15, -0.1) is 0 Å². The first-order chi connectivity index (χ1) is 24.6. The standard InChI is InChI=1S/C45H66O5/c1-4-5-6-7-8-9-10-11-12-13-14-15-16-17-18-28-35-47-37-43(50-44(46)48-36-39(2)3)38-49-45(40-29-22-19-23-30-40,41-31-24-20-25-32-41)42-33-26-21-27-34-42/h19-27,29-34,39,43H,4-18,28,35-38H2,1-3H3. The minimum Gasteiger partial charge on any atom is -0.434 e. The molecule has 0 N–H and O–H groups in total. The molecule has 0 saturated heterocycles. The molecule has 0 aromatic heterocycles. The molecule has 0 fully saturated rings. The Balaban J connectivity index is 1.48. The van der Waals surface area contributed by atoms with Crippen molar-refractivity contribution >= 4 is 6.16 Å². The molecular formula is C45H66O5. The number of ether oxygens (including phenoxy) is 4. The van der Waals surface area contributed by atoms with Crippen LogP contribution in [-0.2, 0) is 24.5 Å². The number of carbonyl (C=O) groups excluding carboxylic acids is 1. The summed E-state index contributed by atoms with van der Waals surface area (Å²) in [4.78, 5) is 12.7. The van der Waals surface area contributed by atoms with Gasteiger partial charge in [0.1, 0.15) is 5.60 Å². The molecule has 5 nitrogen and oxygen atoms in total. The highest BCUT2D eigenvalue weighted by molar-refractivity contribution is 5.60. The monoisotopic (exact) mass is 686 g/mol. The summed E-state index contributed by atoms with van der Waals surface area (Å²) in [5.74, 6) is 0.213. The van der Waals surface area contributed by atoms with Crippen molar-refractivity contribution in [2.75, 3.05) is 26.4 Å². The van der Waals surface area contributed by atoms with Crippen LogP contribution in [0.3, 0.4) is 0 Å². The minimum absolute atomic E-state index is 0.133. The Hall–Kier alpha value is -3.15. The van der Waals surface area contributed by atoms with Gasteiger partial charge in [0.25, 0.3) is 0 Å². The van der Waals surface area contributed by atoms with E-state index in [1.807, 2.05) is 68.4 Å². The highest BCUT2D eigenvalue weighted by atomic mass is 16.7. The zero-order valence-electron chi connectivity index (χ0n) is 31.5. The number of carbonyl (C=O) groups is 1. The molecule has 0 saturated carbocycles. The SMILES string of the molecule is CCCCCCCCCCCCCCCCCCOCC(COC(c1ccccc1)(c1ccccc1)c1ccccc1)OC(=O)OCC(C)C. The van der Waals surface area contributed by atoms with E-state index in [1.165, 1.54) is 89.9 Å². The Labute approximate surface area is 304 Å². The maximum Gasteiger partial charge on any atom is 0.508 e. The van der Waals surface area contributed by atoms with Gasteiger partial charge >= 0.3 is 6.16 Å². The Morgan fingerprint density at radius 3 is 1.34 bits per heavy atom. The van der Waals surface area contributed by atoms with E-state index in [2.05, 4.69) is 43.3 Å². The summed E-state index contributed by atoms with van der Waals surface area (Å²) in [5.41, 5.74) is 2.06. The minimum atomic E-state index is -0.916. The summed E-state index contributed by atoms with van der Waals surface area (Å²) in [6.45, 7) is 7.59. The molecule has 0 bridgehead atoms. The maximum atomic E-state index is 12.7. The average molecular weight is 687 g/mol. The van der Waals surface area contributed by atoms with Gasteiger partial charge in [-0.1, -0.05) is 208 Å². The normalized spacial score (nSPS) is 12.2. The van der Waals surface area contributed by atoms with Crippen molar-refractivity contribution in [2.24, 2.45) is 5.92 Å². The van der Waals surface area contributed by atoms with Gasteiger partial charge < -0.3 is 18.9 Å². The fourth-order valence-electron chi connectivity index (χ4n) is 6.47. The average Bonchev–Trinajstić information content (AvgIpc) is 3.15. The third kappa shape index (κ3) is 15.8. The molecule has 0 aliphatic carbocycles.